The lowest BCUT2D eigenvalue weighted by atomic mass is 10.3. The van der Waals surface area contributed by atoms with Gasteiger partial charge in [0, 0.05) is 11.4 Å². The minimum absolute atomic E-state index is 0.0925. The number of carbonyl (C=O) groups is 1. The molecule has 0 bridgehead atoms. The largest absolute Gasteiger partial charge is 0.399 e. The normalized spacial score (nSPS) is 14.2. The minimum atomic E-state index is -0.0925. The number of carbonyl (C=O) groups excluding carboxylic acids is 1. The Morgan fingerprint density at radius 2 is 2.15 bits per heavy atom. The summed E-state index contributed by atoms with van der Waals surface area (Å²) in [6.45, 7) is 0. The van der Waals surface area contributed by atoms with Crippen LogP contribution in [0.1, 0.15) is 18.9 Å². The van der Waals surface area contributed by atoms with Crippen molar-refractivity contribution in [2.24, 2.45) is 0 Å². The third-order valence-corrected chi connectivity index (χ3v) is 3.82. The molecule has 1 aromatic heterocycles. The van der Waals surface area contributed by atoms with Crippen LogP contribution in [0.4, 0.5) is 11.4 Å². The van der Waals surface area contributed by atoms with Gasteiger partial charge in [-0.1, -0.05) is 11.8 Å². The first-order valence-electron chi connectivity index (χ1n) is 6.28. The fourth-order valence-corrected chi connectivity index (χ4v) is 2.47. The third kappa shape index (κ3) is 3.08. The number of hydrogen-bond donors (Lipinski definition) is 2. The molecule has 0 atom stereocenters. The summed E-state index contributed by atoms with van der Waals surface area (Å²) in [7, 11) is 0. The second kappa shape index (κ2) is 5.49. The molecule has 104 valence electrons. The highest BCUT2D eigenvalue weighted by atomic mass is 32.2. The number of aromatic nitrogens is 4. The molecule has 0 aliphatic heterocycles. The van der Waals surface area contributed by atoms with E-state index in [1.165, 1.54) is 11.8 Å². The Bertz CT molecular complexity index is 607. The lowest BCUT2D eigenvalue weighted by Crippen LogP contribution is -2.14. The molecule has 1 aliphatic carbocycles. The lowest BCUT2D eigenvalue weighted by molar-refractivity contribution is -0.113. The molecule has 0 unspecified atom stereocenters. The van der Waals surface area contributed by atoms with Crippen LogP contribution in [0.25, 0.3) is 0 Å². The van der Waals surface area contributed by atoms with Crippen LogP contribution in [0.2, 0.25) is 0 Å². The van der Waals surface area contributed by atoms with E-state index in [1.54, 1.807) is 28.9 Å². The topological polar surface area (TPSA) is 98.7 Å². The van der Waals surface area contributed by atoms with Crippen LogP contribution in [-0.2, 0) is 4.79 Å². The molecule has 1 fully saturated rings. The van der Waals surface area contributed by atoms with Crippen LogP contribution < -0.4 is 11.1 Å². The zero-order chi connectivity index (χ0) is 13.9. The number of anilines is 2. The zero-order valence-corrected chi connectivity index (χ0v) is 11.5. The van der Waals surface area contributed by atoms with Gasteiger partial charge < -0.3 is 11.1 Å². The molecule has 1 heterocycles. The summed E-state index contributed by atoms with van der Waals surface area (Å²) >= 11 is 1.34. The summed E-state index contributed by atoms with van der Waals surface area (Å²) < 4.78 is 1.79. The van der Waals surface area contributed by atoms with Gasteiger partial charge in [0.05, 0.1) is 11.8 Å². The third-order valence-electron chi connectivity index (χ3n) is 2.88. The number of nitrogens with one attached hydrogen (secondary N) is 1. The van der Waals surface area contributed by atoms with Gasteiger partial charge >= 0.3 is 0 Å². The Hall–Kier alpha value is -2.09. The first-order chi connectivity index (χ1) is 9.72. The van der Waals surface area contributed by atoms with E-state index < -0.39 is 0 Å². The molecular formula is C12H14N6OS. The Morgan fingerprint density at radius 3 is 2.85 bits per heavy atom. The molecule has 0 saturated heterocycles. The molecule has 1 amide bonds. The van der Waals surface area contributed by atoms with Gasteiger partial charge in [-0.05, 0) is 47.5 Å². The van der Waals surface area contributed by atoms with Crippen LogP contribution in [0.3, 0.4) is 0 Å². The van der Waals surface area contributed by atoms with Crippen molar-refractivity contribution in [3.05, 3.63) is 24.3 Å². The van der Waals surface area contributed by atoms with E-state index in [1.807, 2.05) is 0 Å². The smallest absolute Gasteiger partial charge is 0.234 e. The number of thioether (sulfide) groups is 1. The SMILES string of the molecule is Nc1ccc(NC(=O)CSc2nnnn2C2CC2)cc1. The molecule has 3 rings (SSSR count). The Kier molecular flexibility index (Phi) is 3.55. The van der Waals surface area contributed by atoms with E-state index in [9.17, 15) is 4.79 Å². The molecule has 0 radical (unpaired) electrons. The fourth-order valence-electron chi connectivity index (χ4n) is 1.72. The van der Waals surface area contributed by atoms with Crippen molar-refractivity contribution >= 4 is 29.0 Å². The van der Waals surface area contributed by atoms with E-state index in [2.05, 4.69) is 20.8 Å². The number of benzene rings is 1. The number of nitrogen functional groups attached to an aromatic ring is 1. The predicted octanol–water partition coefficient (Wildman–Crippen LogP) is 1.32. The second-order valence-electron chi connectivity index (χ2n) is 4.60. The summed E-state index contributed by atoms with van der Waals surface area (Å²) in [5, 5.41) is 15.0. The van der Waals surface area contributed by atoms with Crippen LogP contribution >= 0.6 is 11.8 Å². The van der Waals surface area contributed by atoms with E-state index in [4.69, 9.17) is 5.73 Å². The van der Waals surface area contributed by atoms with Crippen LogP contribution in [0.5, 0.6) is 0 Å². The van der Waals surface area contributed by atoms with Crippen molar-refractivity contribution in [1.82, 2.24) is 20.2 Å². The van der Waals surface area contributed by atoms with Crippen molar-refractivity contribution in [1.29, 1.82) is 0 Å². The predicted molar refractivity (Wildman–Crippen MR) is 76.3 cm³/mol. The molecular weight excluding hydrogens is 276 g/mol. The molecule has 2 aromatic rings. The van der Waals surface area contributed by atoms with Gasteiger partial charge in [0.1, 0.15) is 0 Å². The number of nitrogens with two attached hydrogens (primary N) is 1. The zero-order valence-electron chi connectivity index (χ0n) is 10.7. The molecule has 1 saturated carbocycles. The van der Waals surface area contributed by atoms with Gasteiger partial charge in [0.2, 0.25) is 11.1 Å². The summed E-state index contributed by atoms with van der Waals surface area (Å²) in [5.74, 6) is 0.183. The van der Waals surface area contributed by atoms with Crippen molar-refractivity contribution in [2.75, 3.05) is 16.8 Å². The number of hydrogen-bond acceptors (Lipinski definition) is 6. The van der Waals surface area contributed by atoms with Gasteiger partial charge in [-0.25, -0.2) is 4.68 Å². The minimum Gasteiger partial charge on any atom is -0.399 e. The van der Waals surface area contributed by atoms with Gasteiger partial charge in [-0.15, -0.1) is 5.10 Å². The van der Waals surface area contributed by atoms with Gasteiger partial charge in [0.15, 0.2) is 0 Å². The Balaban J connectivity index is 1.54. The monoisotopic (exact) mass is 290 g/mol. The number of rotatable bonds is 5. The van der Waals surface area contributed by atoms with Crippen LogP contribution in [0.15, 0.2) is 29.4 Å². The maximum atomic E-state index is 11.8. The Morgan fingerprint density at radius 1 is 1.40 bits per heavy atom. The maximum absolute atomic E-state index is 11.8. The average Bonchev–Trinajstić information content (AvgIpc) is 3.18. The molecule has 3 N–H and O–H groups in total. The fraction of sp³-hybridized carbons (Fsp3) is 0.333. The van der Waals surface area contributed by atoms with E-state index in [0.29, 0.717) is 16.9 Å². The number of tetrazole rings is 1. The van der Waals surface area contributed by atoms with Crippen molar-refractivity contribution in [3.8, 4) is 0 Å². The summed E-state index contributed by atoms with van der Waals surface area (Å²) in [6, 6.07) is 7.44. The summed E-state index contributed by atoms with van der Waals surface area (Å²) in [5.41, 5.74) is 6.99. The summed E-state index contributed by atoms with van der Waals surface area (Å²) in [4.78, 5) is 11.8. The highest BCUT2D eigenvalue weighted by molar-refractivity contribution is 7.99. The molecule has 7 nitrogen and oxygen atoms in total. The van der Waals surface area contributed by atoms with Gasteiger partial charge in [-0.2, -0.15) is 0 Å². The van der Waals surface area contributed by atoms with E-state index >= 15 is 0 Å². The first-order valence-corrected chi connectivity index (χ1v) is 7.27. The highest BCUT2D eigenvalue weighted by Gasteiger charge is 2.28. The van der Waals surface area contributed by atoms with E-state index in [-0.39, 0.29) is 11.7 Å². The van der Waals surface area contributed by atoms with E-state index in [0.717, 1.165) is 18.5 Å². The molecule has 1 aliphatic rings. The van der Waals surface area contributed by atoms with Crippen LogP contribution in [-0.4, -0.2) is 31.9 Å². The van der Waals surface area contributed by atoms with Gasteiger partial charge in [-0.3, -0.25) is 4.79 Å². The van der Waals surface area contributed by atoms with Gasteiger partial charge in [0.25, 0.3) is 0 Å². The average molecular weight is 290 g/mol. The molecule has 0 spiro atoms. The quantitative estimate of drug-likeness (QED) is 0.636. The standard InChI is InChI=1S/C12H14N6OS/c13-8-1-3-9(4-2-8)14-11(19)7-20-12-15-16-17-18(12)10-5-6-10/h1-4,10H,5-7,13H2,(H,14,19). The van der Waals surface area contributed by atoms with Crippen molar-refractivity contribution in [3.63, 3.8) is 0 Å². The highest BCUT2D eigenvalue weighted by Crippen LogP contribution is 2.36. The number of nitrogens with zero attached hydrogens (tertiary/aromatic N) is 4. The first kappa shape index (κ1) is 12.9. The molecule has 8 heteroatoms. The molecule has 1 aromatic carbocycles. The van der Waals surface area contributed by atoms with Crippen LogP contribution in [0, 0.1) is 0 Å². The summed E-state index contributed by atoms with van der Waals surface area (Å²) in [6.07, 6.45) is 2.21. The maximum Gasteiger partial charge on any atom is 0.234 e. The van der Waals surface area contributed by atoms with Crippen molar-refractivity contribution < 1.29 is 4.79 Å². The second-order valence-corrected chi connectivity index (χ2v) is 5.54. The lowest BCUT2D eigenvalue weighted by Gasteiger charge is -2.05. The number of amides is 1. The molecule has 20 heavy (non-hydrogen) atoms. The van der Waals surface area contributed by atoms with Crippen molar-refractivity contribution in [2.45, 2.75) is 24.0 Å². The Labute approximate surface area is 119 Å².